The number of carboxylic acids is 1. The first-order chi connectivity index (χ1) is 9.28. The summed E-state index contributed by atoms with van der Waals surface area (Å²) in [6.45, 7) is -1.80. The van der Waals surface area contributed by atoms with E-state index in [0.717, 1.165) is 0 Å². The van der Waals surface area contributed by atoms with Crippen molar-refractivity contribution in [2.45, 2.75) is 18.6 Å². The van der Waals surface area contributed by atoms with Gasteiger partial charge in [0.2, 0.25) is 5.91 Å². The number of carbonyl (C=O) groups excluding carboxylic acids is 1. The zero-order valence-corrected chi connectivity index (χ0v) is 11.1. The molecule has 1 rings (SSSR count). The quantitative estimate of drug-likeness (QED) is 0.714. The van der Waals surface area contributed by atoms with E-state index in [2.05, 4.69) is 5.32 Å². The third-order valence-electron chi connectivity index (χ3n) is 2.21. The summed E-state index contributed by atoms with van der Waals surface area (Å²) in [5, 5.41) is 14.8. The van der Waals surface area contributed by atoms with Gasteiger partial charge < -0.3 is 15.7 Å². The molecule has 3 N–H and O–H groups in total. The Morgan fingerprint density at radius 2 is 2.10 bits per heavy atom. The van der Waals surface area contributed by atoms with Crippen molar-refractivity contribution in [1.29, 1.82) is 0 Å². The van der Waals surface area contributed by atoms with E-state index in [4.69, 9.17) is 5.11 Å². The van der Waals surface area contributed by atoms with Crippen molar-refractivity contribution in [2.24, 2.45) is 0 Å². The van der Waals surface area contributed by atoms with Gasteiger partial charge in [-0.15, -0.1) is 11.3 Å². The molecule has 0 fully saturated rings. The minimum absolute atomic E-state index is 0.328. The molecule has 0 bridgehead atoms. The van der Waals surface area contributed by atoms with Crippen LogP contribution in [-0.4, -0.2) is 36.2 Å². The highest BCUT2D eigenvalue weighted by Gasteiger charge is 2.27. The van der Waals surface area contributed by atoms with Gasteiger partial charge in [-0.25, -0.2) is 0 Å². The molecule has 0 saturated carbocycles. The Labute approximate surface area is 116 Å². The van der Waals surface area contributed by atoms with E-state index in [1.807, 2.05) is 5.32 Å². The molecule has 0 aliphatic rings. The third kappa shape index (κ3) is 6.53. The lowest BCUT2D eigenvalue weighted by molar-refractivity contribution is -0.137. The minimum Gasteiger partial charge on any atom is -0.481 e. The fraction of sp³-hybridized carbons (Fsp3) is 0.455. The van der Waals surface area contributed by atoms with E-state index in [0.29, 0.717) is 4.88 Å². The van der Waals surface area contributed by atoms with E-state index in [1.54, 1.807) is 17.5 Å². The molecule has 9 heteroatoms. The van der Waals surface area contributed by atoms with Crippen LogP contribution in [0, 0.1) is 0 Å². The summed E-state index contributed by atoms with van der Waals surface area (Å²) in [6, 6.07) is 2.61. The summed E-state index contributed by atoms with van der Waals surface area (Å²) in [5.74, 6) is -1.79. The molecule has 1 aromatic heterocycles. The first-order valence-electron chi connectivity index (χ1n) is 5.60. The van der Waals surface area contributed by atoms with Crippen LogP contribution in [0.1, 0.15) is 17.3 Å². The van der Waals surface area contributed by atoms with Crippen molar-refractivity contribution < 1.29 is 27.9 Å². The van der Waals surface area contributed by atoms with Crippen LogP contribution in [0.25, 0.3) is 0 Å². The highest BCUT2D eigenvalue weighted by molar-refractivity contribution is 7.10. The van der Waals surface area contributed by atoms with E-state index >= 15 is 0 Å². The molecule has 20 heavy (non-hydrogen) atoms. The molecular weight excluding hydrogens is 297 g/mol. The first kappa shape index (κ1) is 16.4. The summed E-state index contributed by atoms with van der Waals surface area (Å²) in [6.07, 6.45) is -4.72. The zero-order valence-electron chi connectivity index (χ0n) is 10.2. The molecule has 1 amide bonds. The van der Waals surface area contributed by atoms with E-state index in [1.165, 1.54) is 11.3 Å². The maximum Gasteiger partial charge on any atom is 0.401 e. The van der Waals surface area contributed by atoms with E-state index < -0.39 is 37.2 Å². The largest absolute Gasteiger partial charge is 0.481 e. The number of hydrogen-bond acceptors (Lipinski definition) is 4. The summed E-state index contributed by atoms with van der Waals surface area (Å²) in [4.78, 5) is 22.8. The molecule has 112 valence electrons. The van der Waals surface area contributed by atoms with Crippen LogP contribution in [0.4, 0.5) is 13.2 Å². The number of alkyl halides is 3. The SMILES string of the molecule is O=C(O)CC(NC(=O)CNCC(F)(F)F)c1cccs1. The Morgan fingerprint density at radius 3 is 2.60 bits per heavy atom. The summed E-state index contributed by atoms with van der Waals surface area (Å²) in [5.41, 5.74) is 0. The molecule has 0 radical (unpaired) electrons. The van der Waals surface area contributed by atoms with Crippen LogP contribution in [0.3, 0.4) is 0 Å². The number of amides is 1. The number of hydrogen-bond donors (Lipinski definition) is 3. The van der Waals surface area contributed by atoms with E-state index in [-0.39, 0.29) is 6.42 Å². The van der Waals surface area contributed by atoms with Gasteiger partial charge >= 0.3 is 12.1 Å². The monoisotopic (exact) mass is 310 g/mol. The second-order valence-electron chi connectivity index (χ2n) is 3.95. The van der Waals surface area contributed by atoms with Crippen LogP contribution < -0.4 is 10.6 Å². The molecule has 0 spiro atoms. The van der Waals surface area contributed by atoms with Gasteiger partial charge in [0.25, 0.3) is 0 Å². The molecule has 0 aliphatic carbocycles. The van der Waals surface area contributed by atoms with Crippen LogP contribution >= 0.6 is 11.3 Å². The van der Waals surface area contributed by atoms with Crippen LogP contribution in [0.2, 0.25) is 0 Å². The number of carboxylic acid groups (broad SMARTS) is 1. The lowest BCUT2D eigenvalue weighted by Crippen LogP contribution is -2.40. The van der Waals surface area contributed by atoms with Gasteiger partial charge in [0.15, 0.2) is 0 Å². The number of carbonyl (C=O) groups is 2. The van der Waals surface area contributed by atoms with Crippen molar-refractivity contribution >= 4 is 23.2 Å². The topological polar surface area (TPSA) is 78.4 Å². The van der Waals surface area contributed by atoms with Crippen LogP contribution in [-0.2, 0) is 9.59 Å². The van der Waals surface area contributed by atoms with Gasteiger partial charge in [-0.1, -0.05) is 6.07 Å². The maximum absolute atomic E-state index is 11.9. The maximum atomic E-state index is 11.9. The van der Waals surface area contributed by atoms with Crippen molar-refractivity contribution in [2.75, 3.05) is 13.1 Å². The van der Waals surface area contributed by atoms with Crippen molar-refractivity contribution in [3.8, 4) is 0 Å². The smallest absolute Gasteiger partial charge is 0.401 e. The average Bonchev–Trinajstić information content (AvgIpc) is 2.78. The molecular formula is C11H13F3N2O3S. The standard InChI is InChI=1S/C11H13F3N2O3S/c12-11(13,14)6-15-5-9(17)16-7(4-10(18)19)8-2-1-3-20-8/h1-3,7,15H,4-6H2,(H,16,17)(H,18,19). The van der Waals surface area contributed by atoms with Crippen LogP contribution in [0.5, 0.6) is 0 Å². The van der Waals surface area contributed by atoms with Crippen LogP contribution in [0.15, 0.2) is 17.5 Å². The van der Waals surface area contributed by atoms with Gasteiger partial charge in [0, 0.05) is 4.88 Å². The Morgan fingerprint density at radius 1 is 1.40 bits per heavy atom. The first-order valence-corrected chi connectivity index (χ1v) is 6.48. The Hall–Kier alpha value is -1.61. The number of rotatable bonds is 7. The summed E-state index contributed by atoms with van der Waals surface area (Å²) in [7, 11) is 0. The van der Waals surface area contributed by atoms with Crippen molar-refractivity contribution in [3.05, 3.63) is 22.4 Å². The molecule has 0 aliphatic heterocycles. The Kier molecular flexibility index (Phi) is 5.96. The van der Waals surface area contributed by atoms with E-state index in [9.17, 15) is 22.8 Å². The predicted octanol–water partition coefficient (Wildman–Crippen LogP) is 1.53. The molecule has 0 saturated heterocycles. The summed E-state index contributed by atoms with van der Waals surface area (Å²) < 4.78 is 35.7. The minimum atomic E-state index is -4.39. The molecule has 1 aromatic rings. The zero-order chi connectivity index (χ0) is 15.2. The number of nitrogens with one attached hydrogen (secondary N) is 2. The van der Waals surface area contributed by atoms with Gasteiger partial charge in [-0.3, -0.25) is 9.59 Å². The van der Waals surface area contributed by atoms with Gasteiger partial charge in [0.05, 0.1) is 25.6 Å². The molecule has 5 nitrogen and oxygen atoms in total. The third-order valence-corrected chi connectivity index (χ3v) is 3.20. The fourth-order valence-corrected chi connectivity index (χ4v) is 2.23. The van der Waals surface area contributed by atoms with Gasteiger partial charge in [0.1, 0.15) is 0 Å². The van der Waals surface area contributed by atoms with Crippen molar-refractivity contribution in [1.82, 2.24) is 10.6 Å². The van der Waals surface area contributed by atoms with Crippen molar-refractivity contribution in [3.63, 3.8) is 0 Å². The fourth-order valence-electron chi connectivity index (χ4n) is 1.45. The average molecular weight is 310 g/mol. The second-order valence-corrected chi connectivity index (χ2v) is 4.93. The molecule has 0 aromatic carbocycles. The predicted molar refractivity (Wildman–Crippen MR) is 66.4 cm³/mol. The molecule has 1 unspecified atom stereocenters. The number of halogens is 3. The molecule has 1 heterocycles. The normalized spacial score (nSPS) is 12.9. The van der Waals surface area contributed by atoms with Gasteiger partial charge in [-0.05, 0) is 11.4 Å². The number of aliphatic carboxylic acids is 1. The second kappa shape index (κ2) is 7.25. The Balaban J connectivity index is 2.49. The van der Waals surface area contributed by atoms with Gasteiger partial charge in [-0.2, -0.15) is 13.2 Å². The number of thiophene rings is 1. The Bertz CT molecular complexity index is 448. The summed E-state index contributed by atoms with van der Waals surface area (Å²) >= 11 is 1.26. The highest BCUT2D eigenvalue weighted by atomic mass is 32.1. The molecule has 1 atom stereocenters. The lowest BCUT2D eigenvalue weighted by atomic mass is 10.1. The lowest BCUT2D eigenvalue weighted by Gasteiger charge is -2.16. The highest BCUT2D eigenvalue weighted by Crippen LogP contribution is 2.21.